The first-order chi connectivity index (χ1) is 27.5. The quantitative estimate of drug-likeness (QED) is 0.174. The number of amides is 4. The van der Waals surface area contributed by atoms with Crippen LogP contribution in [0.5, 0.6) is 28.7 Å². The summed E-state index contributed by atoms with van der Waals surface area (Å²) >= 11 is 0. The van der Waals surface area contributed by atoms with E-state index in [1.54, 1.807) is 68.7 Å². The van der Waals surface area contributed by atoms with Gasteiger partial charge in [-0.05, 0) is 58.7 Å². The fourth-order valence-corrected chi connectivity index (χ4v) is 7.98. The Morgan fingerprint density at radius 3 is 1.84 bits per heavy atom. The normalized spacial score (nSPS) is 18.4. The lowest BCUT2D eigenvalue weighted by atomic mass is 9.93. The number of fused-ring (bicyclic) bond motifs is 5. The van der Waals surface area contributed by atoms with Crippen molar-refractivity contribution < 1.29 is 42.9 Å². The predicted molar refractivity (Wildman–Crippen MR) is 212 cm³/mol. The summed E-state index contributed by atoms with van der Waals surface area (Å²) in [7, 11) is 7.90. The van der Waals surface area contributed by atoms with Crippen LogP contribution in [0.4, 0.5) is 17.1 Å². The summed E-state index contributed by atoms with van der Waals surface area (Å²) in [6, 6.07) is 18.2. The zero-order valence-electron chi connectivity index (χ0n) is 32.4. The maximum absolute atomic E-state index is 14.0. The Labute approximate surface area is 329 Å². The minimum Gasteiger partial charge on any atom is -0.497 e. The zero-order chi connectivity index (χ0) is 40.1. The molecule has 57 heavy (non-hydrogen) atoms. The summed E-state index contributed by atoms with van der Waals surface area (Å²) in [4.78, 5) is 61.6. The highest BCUT2D eigenvalue weighted by Gasteiger charge is 2.43. The lowest BCUT2D eigenvalue weighted by molar-refractivity contribution is -0.123. The summed E-state index contributed by atoms with van der Waals surface area (Å²) < 4.78 is 29.0. The molecule has 0 saturated carbocycles. The second-order valence-electron chi connectivity index (χ2n) is 14.4. The first-order valence-electron chi connectivity index (χ1n) is 18.6. The molecule has 0 aliphatic carbocycles. The number of nitrogens with zero attached hydrogens (tertiary/aromatic N) is 4. The molecule has 4 amide bonds. The fourth-order valence-electron chi connectivity index (χ4n) is 7.98. The number of rotatable bonds is 10. The first-order valence-corrected chi connectivity index (χ1v) is 18.6. The van der Waals surface area contributed by atoms with Gasteiger partial charge in [0.25, 0.3) is 11.8 Å². The Morgan fingerprint density at radius 1 is 0.649 bits per heavy atom. The van der Waals surface area contributed by atoms with E-state index in [1.807, 2.05) is 30.3 Å². The molecule has 4 aromatic carbocycles. The fraction of sp³-hybridized carbons (Fsp3) is 0.302. The van der Waals surface area contributed by atoms with Crippen LogP contribution in [0, 0.1) is 0 Å². The van der Waals surface area contributed by atoms with Gasteiger partial charge in [-0.15, -0.1) is 0 Å². The van der Waals surface area contributed by atoms with Crippen LogP contribution in [-0.4, -0.2) is 94.2 Å². The van der Waals surface area contributed by atoms with Crippen molar-refractivity contribution in [1.82, 2.24) is 9.80 Å². The molecule has 2 atom stereocenters. The number of carbonyl (C=O) groups excluding carboxylic acids is 4. The first kappa shape index (κ1) is 37.2. The standard InChI is InChI=1S/C43H43N5O9/c1-45-32-20-38(36(54-4)18-30(32)40(49)47-22-26-15-29(53-3)12-9-25(26)16-34(47)42(45)51)56-13-6-14-57-39-21-33-31(19-37(39)55-5)41(50)48-23-27(17-35(48)43(52)46(33)2)24-7-10-28(44)11-8-24/h7-12,15,18-21,23,34-35H,6,13-14,16-17,22,44H2,1-5H3/t34-,35-/m0/s1. The monoisotopic (exact) mass is 773 g/mol. The van der Waals surface area contributed by atoms with Crippen molar-refractivity contribution in [2.24, 2.45) is 0 Å². The Bertz CT molecular complexity index is 2340. The number of methoxy groups -OCH3 is 3. The highest BCUT2D eigenvalue weighted by Crippen LogP contribution is 2.43. The van der Waals surface area contributed by atoms with E-state index in [0.29, 0.717) is 76.2 Å². The molecular formula is C43H43N5O9. The van der Waals surface area contributed by atoms with Crippen LogP contribution in [0.25, 0.3) is 5.57 Å². The maximum atomic E-state index is 14.0. The van der Waals surface area contributed by atoms with Crippen molar-refractivity contribution in [1.29, 1.82) is 0 Å². The molecule has 14 heteroatoms. The van der Waals surface area contributed by atoms with Gasteiger partial charge in [-0.1, -0.05) is 18.2 Å². The zero-order valence-corrected chi connectivity index (χ0v) is 32.4. The molecule has 2 N–H and O–H groups in total. The molecule has 0 fully saturated rings. The number of hydrogen-bond acceptors (Lipinski definition) is 10. The van der Waals surface area contributed by atoms with E-state index < -0.39 is 12.1 Å². The average Bonchev–Trinajstić information content (AvgIpc) is 3.64. The molecule has 0 unspecified atom stereocenters. The minimum absolute atomic E-state index is 0.198. The SMILES string of the molecule is COc1ccc2c(c1)CN1C(=O)c3cc(OC)c(OCCCOc4cc5c(cc4OC)C(=O)N4C=C(c6ccc(N)cc6)C[C@H]4C(=O)N5C)cc3N(C)C(=O)[C@@H]1C2. The average molecular weight is 774 g/mol. The lowest BCUT2D eigenvalue weighted by Crippen LogP contribution is -2.50. The second-order valence-corrected chi connectivity index (χ2v) is 14.4. The van der Waals surface area contributed by atoms with Gasteiger partial charge in [0.15, 0.2) is 23.0 Å². The van der Waals surface area contributed by atoms with Gasteiger partial charge in [0.2, 0.25) is 11.8 Å². The topological polar surface area (TPSA) is 153 Å². The van der Waals surface area contributed by atoms with Gasteiger partial charge in [-0.3, -0.25) is 19.2 Å². The Hall–Kier alpha value is -6.70. The molecule has 4 aliphatic heterocycles. The Morgan fingerprint density at radius 2 is 1.25 bits per heavy atom. The summed E-state index contributed by atoms with van der Waals surface area (Å²) in [6.45, 7) is 0.682. The Kier molecular flexibility index (Phi) is 9.64. The van der Waals surface area contributed by atoms with Crippen molar-refractivity contribution in [2.45, 2.75) is 37.9 Å². The number of likely N-dealkylation sites (N-methyl/N-ethyl adjacent to an activating group) is 2. The van der Waals surface area contributed by atoms with Crippen molar-refractivity contribution in [3.8, 4) is 28.7 Å². The number of nitrogens with two attached hydrogens (primary N) is 1. The third-order valence-electron chi connectivity index (χ3n) is 11.1. The van der Waals surface area contributed by atoms with E-state index in [0.717, 1.165) is 22.3 Å². The van der Waals surface area contributed by atoms with Gasteiger partial charge in [0.1, 0.15) is 17.8 Å². The van der Waals surface area contributed by atoms with Gasteiger partial charge in [0, 0.05) is 63.9 Å². The van der Waals surface area contributed by atoms with Crippen LogP contribution in [-0.2, 0) is 22.6 Å². The van der Waals surface area contributed by atoms with E-state index in [-0.39, 0.29) is 43.4 Å². The van der Waals surface area contributed by atoms with Crippen LogP contribution >= 0.6 is 0 Å². The summed E-state index contributed by atoms with van der Waals surface area (Å²) in [5.41, 5.74) is 11.7. The highest BCUT2D eigenvalue weighted by molar-refractivity contribution is 6.13. The van der Waals surface area contributed by atoms with Gasteiger partial charge in [0.05, 0.1) is 57.0 Å². The van der Waals surface area contributed by atoms with Crippen molar-refractivity contribution in [3.05, 3.63) is 101 Å². The van der Waals surface area contributed by atoms with Crippen molar-refractivity contribution in [2.75, 3.05) is 64.2 Å². The molecule has 8 rings (SSSR count). The number of benzene rings is 4. The molecule has 4 heterocycles. The summed E-state index contributed by atoms with van der Waals surface area (Å²) in [5.74, 6) is 1.09. The molecule has 14 nitrogen and oxygen atoms in total. The number of nitrogen functional groups attached to an aromatic ring is 1. The number of ether oxygens (including phenoxy) is 5. The van der Waals surface area contributed by atoms with Crippen molar-refractivity contribution >= 4 is 46.3 Å². The van der Waals surface area contributed by atoms with Crippen LogP contribution in [0.2, 0.25) is 0 Å². The predicted octanol–water partition coefficient (Wildman–Crippen LogP) is 4.92. The molecule has 0 bridgehead atoms. The van der Waals surface area contributed by atoms with Gasteiger partial charge >= 0.3 is 0 Å². The van der Waals surface area contributed by atoms with E-state index in [4.69, 9.17) is 29.4 Å². The number of anilines is 3. The number of carbonyl (C=O) groups is 4. The van der Waals surface area contributed by atoms with Crippen LogP contribution in [0.15, 0.2) is 72.9 Å². The third-order valence-corrected chi connectivity index (χ3v) is 11.1. The van der Waals surface area contributed by atoms with E-state index in [9.17, 15) is 19.2 Å². The second kappa shape index (κ2) is 14.8. The molecule has 0 aromatic heterocycles. The highest BCUT2D eigenvalue weighted by atomic mass is 16.5. The summed E-state index contributed by atoms with van der Waals surface area (Å²) in [5, 5.41) is 0. The Balaban J connectivity index is 0.960. The van der Waals surface area contributed by atoms with Gasteiger partial charge < -0.3 is 49.0 Å². The van der Waals surface area contributed by atoms with E-state index in [1.165, 1.54) is 28.9 Å². The van der Waals surface area contributed by atoms with Crippen LogP contribution in [0.1, 0.15) is 50.2 Å². The van der Waals surface area contributed by atoms with E-state index in [2.05, 4.69) is 0 Å². The number of hydrogen-bond donors (Lipinski definition) is 1. The minimum atomic E-state index is -0.695. The lowest BCUT2D eigenvalue weighted by Gasteiger charge is -2.35. The largest absolute Gasteiger partial charge is 0.497 e. The van der Waals surface area contributed by atoms with Crippen molar-refractivity contribution in [3.63, 3.8) is 0 Å². The molecular weight excluding hydrogens is 730 g/mol. The smallest absolute Gasteiger partial charge is 0.260 e. The molecule has 4 aromatic rings. The van der Waals surface area contributed by atoms with Gasteiger partial charge in [-0.2, -0.15) is 0 Å². The molecule has 0 saturated heterocycles. The van der Waals surface area contributed by atoms with E-state index >= 15 is 0 Å². The third kappa shape index (κ3) is 6.50. The molecule has 4 aliphatic rings. The van der Waals surface area contributed by atoms with Crippen LogP contribution in [0.3, 0.4) is 0 Å². The molecule has 0 spiro atoms. The summed E-state index contributed by atoms with van der Waals surface area (Å²) in [6.07, 6.45) is 2.93. The van der Waals surface area contributed by atoms with Gasteiger partial charge in [-0.25, -0.2) is 0 Å². The molecule has 0 radical (unpaired) electrons. The van der Waals surface area contributed by atoms with Crippen LogP contribution < -0.4 is 39.2 Å². The maximum Gasteiger partial charge on any atom is 0.260 e. The molecule has 294 valence electrons.